The topological polar surface area (TPSA) is 90.2 Å². The number of hydrogen-bond acceptors (Lipinski definition) is 6. The van der Waals surface area contributed by atoms with Gasteiger partial charge in [0.25, 0.3) is 5.91 Å². The summed E-state index contributed by atoms with van der Waals surface area (Å²) in [5, 5.41) is 5.31. The number of piperidine rings is 1. The van der Waals surface area contributed by atoms with Gasteiger partial charge in [-0.25, -0.2) is 4.98 Å². The lowest BCUT2D eigenvalue weighted by molar-refractivity contribution is -0.00581. The maximum atomic E-state index is 13.8. The number of ketones is 1. The quantitative estimate of drug-likeness (QED) is 0.393. The molecule has 0 unspecified atom stereocenters. The van der Waals surface area contributed by atoms with E-state index in [0.717, 1.165) is 16.6 Å². The van der Waals surface area contributed by atoms with E-state index in [-0.39, 0.29) is 23.7 Å². The van der Waals surface area contributed by atoms with E-state index in [1.807, 2.05) is 80.4 Å². The Kier molecular flexibility index (Phi) is 5.36. The number of rotatable bonds is 2. The van der Waals surface area contributed by atoms with Crippen molar-refractivity contribution in [2.24, 2.45) is 0 Å². The standard InChI is InChI=1S/C29H29N5O3/c1-28(2,3)34-18-25-26(32-34)24(35)17-29(37-25)11-14-33(15-12-29)27(36)20-16-23(22-10-6-7-13-30-22)31-21-9-5-4-8-19(20)21/h4-10,13,16,18H,11-12,14-15,17H2,1-3H3. The van der Waals surface area contributed by atoms with Crippen LogP contribution in [-0.2, 0) is 5.54 Å². The summed E-state index contributed by atoms with van der Waals surface area (Å²) in [6.45, 7) is 7.13. The molecule has 2 aliphatic rings. The molecule has 4 aromatic rings. The Morgan fingerprint density at radius 2 is 1.78 bits per heavy atom. The van der Waals surface area contributed by atoms with E-state index in [1.165, 1.54) is 0 Å². The largest absolute Gasteiger partial charge is 0.483 e. The van der Waals surface area contributed by atoms with Gasteiger partial charge in [0, 0.05) is 37.5 Å². The molecule has 37 heavy (non-hydrogen) atoms. The molecular weight excluding hydrogens is 466 g/mol. The van der Waals surface area contributed by atoms with Crippen molar-refractivity contribution in [3.8, 4) is 17.1 Å². The van der Waals surface area contributed by atoms with Crippen LogP contribution in [0.1, 0.15) is 60.9 Å². The first-order valence-corrected chi connectivity index (χ1v) is 12.7. The van der Waals surface area contributed by atoms with Crippen molar-refractivity contribution in [1.29, 1.82) is 0 Å². The van der Waals surface area contributed by atoms with E-state index >= 15 is 0 Å². The number of Topliss-reactive ketones (excluding diaryl/α,β-unsaturated/α-hetero) is 1. The molecule has 1 fully saturated rings. The van der Waals surface area contributed by atoms with Crippen LogP contribution in [0.25, 0.3) is 22.3 Å². The molecule has 1 saturated heterocycles. The lowest BCUT2D eigenvalue weighted by Gasteiger charge is -2.43. The van der Waals surface area contributed by atoms with Crippen LogP contribution < -0.4 is 4.74 Å². The monoisotopic (exact) mass is 495 g/mol. The summed E-state index contributed by atoms with van der Waals surface area (Å²) in [6, 6.07) is 15.2. The molecule has 0 bridgehead atoms. The van der Waals surface area contributed by atoms with Crippen molar-refractivity contribution in [2.45, 2.75) is 51.2 Å². The van der Waals surface area contributed by atoms with Gasteiger partial charge in [-0.3, -0.25) is 19.3 Å². The molecule has 0 radical (unpaired) electrons. The zero-order valence-corrected chi connectivity index (χ0v) is 21.3. The molecule has 0 atom stereocenters. The number of carbonyl (C=O) groups excluding carboxylic acids is 2. The number of para-hydroxylation sites is 1. The maximum absolute atomic E-state index is 13.8. The van der Waals surface area contributed by atoms with Gasteiger partial charge in [-0.2, -0.15) is 5.10 Å². The SMILES string of the molecule is CC(C)(C)n1cc2c(n1)C(=O)CC1(CCN(C(=O)c3cc(-c4ccccn4)nc4ccccc34)CC1)O2. The average Bonchev–Trinajstić information content (AvgIpc) is 3.34. The predicted molar refractivity (Wildman–Crippen MR) is 140 cm³/mol. The fraction of sp³-hybridized carbons (Fsp3) is 0.345. The number of amides is 1. The van der Waals surface area contributed by atoms with E-state index in [0.29, 0.717) is 48.6 Å². The van der Waals surface area contributed by atoms with E-state index in [4.69, 9.17) is 9.72 Å². The Balaban J connectivity index is 1.26. The third-order valence-corrected chi connectivity index (χ3v) is 7.28. The highest BCUT2D eigenvalue weighted by Gasteiger charge is 2.45. The Bertz CT molecular complexity index is 1510. The van der Waals surface area contributed by atoms with Crippen molar-refractivity contribution >= 4 is 22.6 Å². The van der Waals surface area contributed by atoms with Gasteiger partial charge in [0.15, 0.2) is 17.2 Å². The second kappa shape index (κ2) is 8.50. The number of ether oxygens (including phenoxy) is 1. The van der Waals surface area contributed by atoms with Crippen LogP contribution in [-0.4, -0.2) is 55.0 Å². The molecule has 0 saturated carbocycles. The minimum absolute atomic E-state index is 0.00385. The van der Waals surface area contributed by atoms with Crippen molar-refractivity contribution in [3.63, 3.8) is 0 Å². The van der Waals surface area contributed by atoms with Crippen LogP contribution in [0.3, 0.4) is 0 Å². The Labute approximate surface area is 215 Å². The van der Waals surface area contributed by atoms with Crippen molar-refractivity contribution in [2.75, 3.05) is 13.1 Å². The minimum Gasteiger partial charge on any atom is -0.483 e. The maximum Gasteiger partial charge on any atom is 0.254 e. The van der Waals surface area contributed by atoms with Gasteiger partial charge in [-0.05, 0) is 45.0 Å². The number of likely N-dealkylation sites (tertiary alicyclic amines) is 1. The van der Waals surface area contributed by atoms with Gasteiger partial charge in [0.1, 0.15) is 5.60 Å². The average molecular weight is 496 g/mol. The number of benzene rings is 1. The highest BCUT2D eigenvalue weighted by atomic mass is 16.5. The van der Waals surface area contributed by atoms with Gasteiger partial charge >= 0.3 is 0 Å². The summed E-state index contributed by atoms with van der Waals surface area (Å²) in [4.78, 5) is 37.8. The molecule has 1 amide bonds. The van der Waals surface area contributed by atoms with Crippen LogP contribution in [0.15, 0.2) is 60.9 Å². The number of fused-ring (bicyclic) bond motifs is 2. The van der Waals surface area contributed by atoms with Crippen LogP contribution in [0.5, 0.6) is 5.75 Å². The number of pyridine rings is 2. The molecule has 0 N–H and O–H groups in total. The lowest BCUT2D eigenvalue weighted by atomic mass is 9.83. The number of aromatic nitrogens is 4. The zero-order chi connectivity index (χ0) is 25.8. The minimum atomic E-state index is -0.605. The first-order chi connectivity index (χ1) is 17.7. The van der Waals surface area contributed by atoms with Crippen molar-refractivity contribution < 1.29 is 14.3 Å². The molecule has 8 nitrogen and oxygen atoms in total. The van der Waals surface area contributed by atoms with E-state index in [9.17, 15) is 9.59 Å². The van der Waals surface area contributed by atoms with Gasteiger partial charge in [0.05, 0.1) is 40.6 Å². The van der Waals surface area contributed by atoms with Gasteiger partial charge in [0.2, 0.25) is 0 Å². The Morgan fingerprint density at radius 1 is 1.03 bits per heavy atom. The third kappa shape index (κ3) is 4.16. The van der Waals surface area contributed by atoms with E-state index in [1.54, 1.807) is 10.9 Å². The molecule has 2 aliphatic heterocycles. The highest BCUT2D eigenvalue weighted by molar-refractivity contribution is 6.07. The zero-order valence-electron chi connectivity index (χ0n) is 21.3. The summed E-state index contributed by atoms with van der Waals surface area (Å²) in [5.74, 6) is 0.504. The fourth-order valence-electron chi connectivity index (χ4n) is 5.18. The molecule has 188 valence electrons. The first kappa shape index (κ1) is 23.3. The Morgan fingerprint density at radius 3 is 2.51 bits per heavy atom. The molecule has 3 aromatic heterocycles. The van der Waals surface area contributed by atoms with Crippen LogP contribution >= 0.6 is 0 Å². The smallest absolute Gasteiger partial charge is 0.254 e. The molecule has 1 spiro atoms. The van der Waals surface area contributed by atoms with E-state index < -0.39 is 5.60 Å². The molecule has 6 rings (SSSR count). The summed E-state index contributed by atoms with van der Waals surface area (Å²) < 4.78 is 8.22. The second-order valence-electron chi connectivity index (χ2n) is 10.9. The van der Waals surface area contributed by atoms with Crippen LogP contribution in [0.2, 0.25) is 0 Å². The van der Waals surface area contributed by atoms with Crippen molar-refractivity contribution in [3.05, 3.63) is 72.2 Å². The third-order valence-electron chi connectivity index (χ3n) is 7.28. The van der Waals surface area contributed by atoms with E-state index in [2.05, 4.69) is 10.1 Å². The van der Waals surface area contributed by atoms with Crippen LogP contribution in [0, 0.1) is 0 Å². The highest BCUT2D eigenvalue weighted by Crippen LogP contribution is 2.40. The normalized spacial score (nSPS) is 17.1. The summed E-state index contributed by atoms with van der Waals surface area (Å²) in [7, 11) is 0. The number of hydrogen-bond donors (Lipinski definition) is 0. The molecule has 5 heterocycles. The lowest BCUT2D eigenvalue weighted by Crippen LogP contribution is -2.52. The van der Waals surface area contributed by atoms with Crippen molar-refractivity contribution in [1.82, 2.24) is 24.6 Å². The molecular formula is C29H29N5O3. The summed E-state index contributed by atoms with van der Waals surface area (Å²) in [5.41, 5.74) is 2.31. The van der Waals surface area contributed by atoms with Gasteiger partial charge in [-0.15, -0.1) is 0 Å². The molecule has 1 aromatic carbocycles. The molecule has 8 heteroatoms. The second-order valence-corrected chi connectivity index (χ2v) is 10.9. The Hall–Kier alpha value is -4.07. The number of nitrogens with zero attached hydrogens (tertiary/aromatic N) is 5. The molecule has 0 aliphatic carbocycles. The summed E-state index contributed by atoms with van der Waals surface area (Å²) in [6.07, 6.45) is 5.00. The van der Waals surface area contributed by atoms with Gasteiger partial charge < -0.3 is 9.64 Å². The fourth-order valence-corrected chi connectivity index (χ4v) is 5.18. The first-order valence-electron chi connectivity index (χ1n) is 12.7. The summed E-state index contributed by atoms with van der Waals surface area (Å²) >= 11 is 0. The van der Waals surface area contributed by atoms with Crippen LogP contribution in [0.4, 0.5) is 0 Å². The van der Waals surface area contributed by atoms with Gasteiger partial charge in [-0.1, -0.05) is 24.3 Å². The predicted octanol–water partition coefficient (Wildman–Crippen LogP) is 4.89. The number of carbonyl (C=O) groups is 2.